The van der Waals surface area contributed by atoms with E-state index in [0.717, 1.165) is 35.4 Å². The van der Waals surface area contributed by atoms with Gasteiger partial charge in [0.2, 0.25) is 0 Å². The Hall–Kier alpha value is -4.82. The molecule has 200 valence electrons. The Bertz CT molecular complexity index is 1750. The Morgan fingerprint density at radius 2 is 1.44 bits per heavy atom. The summed E-state index contributed by atoms with van der Waals surface area (Å²) in [6, 6.07) is 35.2. The van der Waals surface area contributed by atoms with Crippen molar-refractivity contribution in [1.82, 2.24) is 4.98 Å². The van der Waals surface area contributed by atoms with E-state index in [4.69, 9.17) is 4.99 Å². The van der Waals surface area contributed by atoms with Crippen LogP contribution in [0.25, 0.3) is 39.0 Å². The summed E-state index contributed by atoms with van der Waals surface area (Å²) in [6.07, 6.45) is 12.2. The summed E-state index contributed by atoms with van der Waals surface area (Å²) in [5.74, 6) is 0. The zero-order valence-electron chi connectivity index (χ0n) is 23.9. The average molecular weight is 531 g/mol. The highest BCUT2D eigenvalue weighted by Crippen LogP contribution is 2.42. The molecule has 1 aromatic heterocycles. The molecule has 0 spiro atoms. The molecule has 1 aliphatic rings. The number of hydrogen-bond acceptors (Lipinski definition) is 2. The fraction of sp³-hybridized carbons (Fsp3) is 0.128. The smallest absolute Gasteiger partial charge is 0.0748 e. The molecule has 0 unspecified atom stereocenters. The van der Waals surface area contributed by atoms with E-state index >= 15 is 0 Å². The van der Waals surface area contributed by atoms with Gasteiger partial charge < -0.3 is 0 Å². The van der Waals surface area contributed by atoms with Crippen LogP contribution in [0.1, 0.15) is 42.5 Å². The molecule has 0 N–H and O–H groups in total. The Morgan fingerprint density at radius 3 is 2.12 bits per heavy atom. The van der Waals surface area contributed by atoms with Crippen molar-refractivity contribution in [1.29, 1.82) is 0 Å². The fourth-order valence-electron chi connectivity index (χ4n) is 5.45. The zero-order chi connectivity index (χ0) is 28.2. The van der Waals surface area contributed by atoms with Gasteiger partial charge in [-0.05, 0) is 88.5 Å². The molecule has 0 saturated heterocycles. The molecule has 0 saturated carbocycles. The van der Waals surface area contributed by atoms with Gasteiger partial charge in [-0.1, -0.05) is 110 Å². The Balaban J connectivity index is 1.41. The lowest BCUT2D eigenvalue weighted by Gasteiger charge is -2.13. The second kappa shape index (κ2) is 11.7. The SMILES string of the molecule is C/C=C(\C=C/CC)c1ccc(-c2cc3c(c(-c4ccc(-c5cccnc5)cc4)c2)N=C(c2ccc(C)cc2)C3)cc1. The third-order valence-electron chi connectivity index (χ3n) is 7.76. The van der Waals surface area contributed by atoms with Crippen molar-refractivity contribution < 1.29 is 0 Å². The Morgan fingerprint density at radius 1 is 0.756 bits per heavy atom. The Labute approximate surface area is 243 Å². The number of nitrogens with zero attached hydrogens (tertiary/aromatic N) is 2. The highest BCUT2D eigenvalue weighted by atomic mass is 14.8. The third-order valence-corrected chi connectivity index (χ3v) is 7.76. The summed E-state index contributed by atoms with van der Waals surface area (Å²) in [7, 11) is 0. The first kappa shape index (κ1) is 26.4. The summed E-state index contributed by atoms with van der Waals surface area (Å²) in [5, 5.41) is 0. The lowest BCUT2D eigenvalue weighted by molar-refractivity contribution is 1.22. The van der Waals surface area contributed by atoms with Crippen molar-refractivity contribution in [2.24, 2.45) is 4.99 Å². The van der Waals surface area contributed by atoms with Crippen LogP contribution in [-0.2, 0) is 6.42 Å². The molecule has 4 aromatic carbocycles. The van der Waals surface area contributed by atoms with Crippen LogP contribution in [0.5, 0.6) is 0 Å². The summed E-state index contributed by atoms with van der Waals surface area (Å²) < 4.78 is 0. The number of benzene rings is 4. The lowest BCUT2D eigenvalue weighted by atomic mass is 9.92. The predicted molar refractivity (Wildman–Crippen MR) is 175 cm³/mol. The molecule has 0 aliphatic carbocycles. The van der Waals surface area contributed by atoms with Crippen LogP contribution in [0.4, 0.5) is 5.69 Å². The molecule has 0 bridgehead atoms. The zero-order valence-corrected chi connectivity index (χ0v) is 23.9. The number of pyridine rings is 1. The van der Waals surface area contributed by atoms with E-state index in [2.05, 4.69) is 135 Å². The number of aryl methyl sites for hydroxylation is 1. The summed E-state index contributed by atoms with van der Waals surface area (Å²) in [4.78, 5) is 9.50. The normalized spacial score (nSPS) is 13.0. The van der Waals surface area contributed by atoms with E-state index in [1.54, 1.807) is 0 Å². The van der Waals surface area contributed by atoms with Crippen molar-refractivity contribution >= 4 is 17.0 Å². The van der Waals surface area contributed by atoms with Gasteiger partial charge in [0.05, 0.1) is 11.4 Å². The van der Waals surface area contributed by atoms with E-state index in [1.807, 2.05) is 18.5 Å². The number of rotatable bonds is 7. The van der Waals surface area contributed by atoms with Gasteiger partial charge in [-0.15, -0.1) is 0 Å². The fourth-order valence-corrected chi connectivity index (χ4v) is 5.45. The monoisotopic (exact) mass is 530 g/mol. The topological polar surface area (TPSA) is 25.2 Å². The summed E-state index contributed by atoms with van der Waals surface area (Å²) in [6.45, 7) is 6.39. The molecule has 5 aromatic rings. The second-order valence-corrected chi connectivity index (χ2v) is 10.6. The van der Waals surface area contributed by atoms with Gasteiger partial charge in [0.1, 0.15) is 0 Å². The maximum atomic E-state index is 5.21. The lowest BCUT2D eigenvalue weighted by Crippen LogP contribution is -2.00. The molecule has 0 radical (unpaired) electrons. The van der Waals surface area contributed by atoms with Crippen molar-refractivity contribution in [3.63, 3.8) is 0 Å². The summed E-state index contributed by atoms with van der Waals surface area (Å²) in [5.41, 5.74) is 15.4. The number of aliphatic imine (C=N–C) groups is 1. The van der Waals surface area contributed by atoms with E-state index in [1.165, 1.54) is 50.1 Å². The first-order valence-electron chi connectivity index (χ1n) is 14.4. The molecular formula is C39H34N2. The third kappa shape index (κ3) is 5.60. The van der Waals surface area contributed by atoms with Crippen molar-refractivity contribution in [3.05, 3.63) is 150 Å². The van der Waals surface area contributed by atoms with Crippen LogP contribution < -0.4 is 0 Å². The largest absolute Gasteiger partial charge is 0.264 e. The van der Waals surface area contributed by atoms with Crippen LogP contribution in [-0.4, -0.2) is 10.7 Å². The van der Waals surface area contributed by atoms with Crippen LogP contribution in [0.15, 0.2) is 133 Å². The maximum absolute atomic E-state index is 5.21. The highest BCUT2D eigenvalue weighted by molar-refractivity contribution is 6.08. The predicted octanol–water partition coefficient (Wildman–Crippen LogP) is 10.4. The first-order valence-corrected chi connectivity index (χ1v) is 14.4. The molecule has 41 heavy (non-hydrogen) atoms. The molecule has 0 fully saturated rings. The van der Waals surface area contributed by atoms with Crippen LogP contribution in [0.3, 0.4) is 0 Å². The standard InChI is InChI=1S/C39H34N2/c1-4-6-8-28(5-2)29-14-16-31(17-15-29)35-23-36-25-38(33-12-10-27(3)11-13-33)41-39(36)37(24-35)32-20-18-30(19-21-32)34-9-7-22-40-26-34/h5-24,26H,4,25H2,1-3H3/b8-6-,28-5+. The maximum Gasteiger partial charge on any atom is 0.0748 e. The van der Waals surface area contributed by atoms with Crippen molar-refractivity contribution in [2.45, 2.75) is 33.6 Å². The van der Waals surface area contributed by atoms with Gasteiger partial charge in [0.15, 0.2) is 0 Å². The minimum absolute atomic E-state index is 0.829. The molecule has 0 amide bonds. The quantitative estimate of drug-likeness (QED) is 0.192. The minimum atomic E-state index is 0.829. The Kier molecular flexibility index (Phi) is 7.56. The van der Waals surface area contributed by atoms with Gasteiger partial charge in [0, 0.05) is 24.4 Å². The number of fused-ring (bicyclic) bond motifs is 1. The van der Waals surface area contributed by atoms with E-state index in [9.17, 15) is 0 Å². The van der Waals surface area contributed by atoms with Crippen LogP contribution in [0.2, 0.25) is 0 Å². The van der Waals surface area contributed by atoms with E-state index in [-0.39, 0.29) is 0 Å². The molecule has 1 aliphatic heterocycles. The van der Waals surface area contributed by atoms with Gasteiger partial charge in [-0.2, -0.15) is 0 Å². The first-order chi connectivity index (χ1) is 20.1. The average Bonchev–Trinajstić information content (AvgIpc) is 3.46. The van der Waals surface area contributed by atoms with Crippen LogP contribution >= 0.6 is 0 Å². The number of aromatic nitrogens is 1. The van der Waals surface area contributed by atoms with Crippen molar-refractivity contribution in [3.8, 4) is 33.4 Å². The molecule has 2 heterocycles. The van der Waals surface area contributed by atoms with Gasteiger partial charge >= 0.3 is 0 Å². The van der Waals surface area contributed by atoms with E-state index < -0.39 is 0 Å². The highest BCUT2D eigenvalue weighted by Gasteiger charge is 2.21. The van der Waals surface area contributed by atoms with Crippen LogP contribution in [0, 0.1) is 6.92 Å². The number of hydrogen-bond donors (Lipinski definition) is 0. The molecule has 2 heteroatoms. The van der Waals surface area contributed by atoms with Gasteiger partial charge in [-0.25, -0.2) is 0 Å². The van der Waals surface area contributed by atoms with Gasteiger partial charge in [-0.3, -0.25) is 9.98 Å². The summed E-state index contributed by atoms with van der Waals surface area (Å²) >= 11 is 0. The molecule has 0 atom stereocenters. The van der Waals surface area contributed by atoms with Crippen molar-refractivity contribution in [2.75, 3.05) is 0 Å². The minimum Gasteiger partial charge on any atom is -0.264 e. The second-order valence-electron chi connectivity index (χ2n) is 10.6. The molecule has 6 rings (SSSR count). The molecule has 2 nitrogen and oxygen atoms in total. The van der Waals surface area contributed by atoms with E-state index in [0.29, 0.717) is 0 Å². The molecular weight excluding hydrogens is 496 g/mol. The van der Waals surface area contributed by atoms with Gasteiger partial charge in [0.25, 0.3) is 0 Å². The number of allylic oxidation sites excluding steroid dienone is 4.